The minimum atomic E-state index is -4.81. The van der Waals surface area contributed by atoms with E-state index in [1.807, 2.05) is 0 Å². The van der Waals surface area contributed by atoms with Gasteiger partial charge in [-0.1, -0.05) is 6.07 Å². The molecule has 1 N–H and O–H groups in total. The first-order valence-electron chi connectivity index (χ1n) is 9.06. The maximum atomic E-state index is 13.7. The van der Waals surface area contributed by atoms with Crippen molar-refractivity contribution in [3.8, 4) is 17.0 Å². The van der Waals surface area contributed by atoms with Crippen LogP contribution in [0.3, 0.4) is 0 Å². The monoisotopic (exact) mass is 420 g/mol. The molecule has 0 saturated heterocycles. The largest absolute Gasteiger partial charge is 0.573 e. The minimum absolute atomic E-state index is 0.00685. The SMILES string of the molecule is Cn1nc(C(=O)Nc2ccncc2F)cc1-c1cc(OC(F)(F)F)ccc1C1CC1. The highest BCUT2D eigenvalue weighted by Crippen LogP contribution is 2.45. The zero-order valence-corrected chi connectivity index (χ0v) is 15.7. The molecule has 0 aliphatic heterocycles. The van der Waals surface area contributed by atoms with Gasteiger partial charge in [0, 0.05) is 18.8 Å². The molecule has 2 heterocycles. The summed E-state index contributed by atoms with van der Waals surface area (Å²) in [7, 11) is 1.58. The Kier molecular flexibility index (Phi) is 4.92. The molecule has 1 aliphatic rings. The number of hydrogen-bond donors (Lipinski definition) is 1. The second-order valence-corrected chi connectivity index (χ2v) is 6.92. The predicted octanol–water partition coefficient (Wildman–Crippen LogP) is 4.65. The standard InChI is InChI=1S/C20H16F4N4O2/c1-28-18(9-17(27-28)19(29)26-16-6-7-25-10-15(16)21)14-8-12(30-20(22,23)24)4-5-13(14)11-2-3-11/h4-11H,2-3H2,1H3,(H,25,26,29). The molecule has 30 heavy (non-hydrogen) atoms. The van der Waals surface area contributed by atoms with E-state index in [1.54, 1.807) is 13.1 Å². The van der Waals surface area contributed by atoms with E-state index in [1.165, 1.54) is 35.1 Å². The summed E-state index contributed by atoms with van der Waals surface area (Å²) in [4.78, 5) is 16.1. The van der Waals surface area contributed by atoms with Crippen LogP contribution in [-0.2, 0) is 7.05 Å². The van der Waals surface area contributed by atoms with E-state index in [0.29, 0.717) is 11.3 Å². The summed E-state index contributed by atoms with van der Waals surface area (Å²) in [6, 6.07) is 6.93. The summed E-state index contributed by atoms with van der Waals surface area (Å²) in [5.41, 5.74) is 1.75. The van der Waals surface area contributed by atoms with Crippen molar-refractivity contribution in [2.75, 3.05) is 5.32 Å². The Labute approximate surface area is 168 Å². The number of benzene rings is 1. The number of pyridine rings is 1. The first-order chi connectivity index (χ1) is 14.2. The van der Waals surface area contributed by atoms with Crippen molar-refractivity contribution in [3.05, 3.63) is 59.8 Å². The van der Waals surface area contributed by atoms with E-state index in [4.69, 9.17) is 0 Å². The van der Waals surface area contributed by atoms with Crippen LogP contribution in [0, 0.1) is 5.82 Å². The molecule has 3 aromatic rings. The van der Waals surface area contributed by atoms with Crippen LogP contribution in [0.15, 0.2) is 42.7 Å². The Bertz CT molecular complexity index is 1110. The molecule has 0 radical (unpaired) electrons. The molecule has 1 amide bonds. The van der Waals surface area contributed by atoms with Gasteiger partial charge in [0.1, 0.15) is 5.75 Å². The van der Waals surface area contributed by atoms with Crippen molar-refractivity contribution in [3.63, 3.8) is 0 Å². The van der Waals surface area contributed by atoms with Crippen LogP contribution in [0.2, 0.25) is 0 Å². The van der Waals surface area contributed by atoms with Gasteiger partial charge >= 0.3 is 6.36 Å². The fraction of sp³-hybridized carbons (Fsp3) is 0.250. The molecule has 2 aromatic heterocycles. The lowest BCUT2D eigenvalue weighted by atomic mass is 10.00. The van der Waals surface area contributed by atoms with E-state index in [2.05, 4.69) is 20.1 Å². The first kappa shape index (κ1) is 19.9. The number of halogens is 4. The molecule has 0 bridgehead atoms. The smallest absolute Gasteiger partial charge is 0.406 e. The molecule has 10 heteroatoms. The number of carbonyl (C=O) groups is 1. The summed E-state index contributed by atoms with van der Waals surface area (Å²) >= 11 is 0. The first-order valence-corrected chi connectivity index (χ1v) is 9.06. The molecule has 4 rings (SSSR count). The highest BCUT2D eigenvalue weighted by molar-refractivity contribution is 6.03. The fourth-order valence-electron chi connectivity index (χ4n) is 3.20. The minimum Gasteiger partial charge on any atom is -0.406 e. The summed E-state index contributed by atoms with van der Waals surface area (Å²) < 4.78 is 57.1. The Morgan fingerprint density at radius 1 is 1.23 bits per heavy atom. The lowest BCUT2D eigenvalue weighted by Crippen LogP contribution is -2.17. The maximum absolute atomic E-state index is 13.7. The zero-order valence-electron chi connectivity index (χ0n) is 15.7. The molecule has 1 aromatic carbocycles. The molecule has 0 atom stereocenters. The molecular weight excluding hydrogens is 404 g/mol. The zero-order chi connectivity index (χ0) is 21.5. The number of aryl methyl sites for hydroxylation is 1. The second kappa shape index (κ2) is 7.43. The van der Waals surface area contributed by atoms with Crippen LogP contribution < -0.4 is 10.1 Å². The lowest BCUT2D eigenvalue weighted by Gasteiger charge is -2.13. The topological polar surface area (TPSA) is 69.0 Å². The Hall–Kier alpha value is -3.43. The van der Waals surface area contributed by atoms with Gasteiger partial charge in [0.2, 0.25) is 0 Å². The number of nitrogens with zero attached hydrogens (tertiary/aromatic N) is 3. The van der Waals surface area contributed by atoms with Gasteiger partial charge in [0.25, 0.3) is 5.91 Å². The lowest BCUT2D eigenvalue weighted by molar-refractivity contribution is -0.274. The summed E-state index contributed by atoms with van der Waals surface area (Å²) in [5.74, 6) is -1.47. The van der Waals surface area contributed by atoms with Gasteiger partial charge in [0.15, 0.2) is 11.5 Å². The third-order valence-corrected chi connectivity index (χ3v) is 4.68. The van der Waals surface area contributed by atoms with E-state index < -0.39 is 18.1 Å². The van der Waals surface area contributed by atoms with Crippen LogP contribution in [-0.4, -0.2) is 27.0 Å². The van der Waals surface area contributed by atoms with E-state index in [0.717, 1.165) is 24.6 Å². The number of carbonyl (C=O) groups excluding carboxylic acids is 1. The molecule has 0 unspecified atom stereocenters. The Morgan fingerprint density at radius 2 is 2.00 bits per heavy atom. The van der Waals surface area contributed by atoms with Crippen molar-refractivity contribution in [1.82, 2.24) is 14.8 Å². The average molecular weight is 420 g/mol. The highest BCUT2D eigenvalue weighted by atomic mass is 19.4. The molecule has 1 fully saturated rings. The van der Waals surface area contributed by atoms with Crippen molar-refractivity contribution in [2.24, 2.45) is 7.05 Å². The molecule has 0 spiro atoms. The number of aromatic nitrogens is 3. The summed E-state index contributed by atoms with van der Waals surface area (Å²) in [6.45, 7) is 0. The fourth-order valence-corrected chi connectivity index (χ4v) is 3.20. The summed E-state index contributed by atoms with van der Waals surface area (Å²) in [5, 5.41) is 6.55. The van der Waals surface area contributed by atoms with Crippen LogP contribution >= 0.6 is 0 Å². The van der Waals surface area contributed by atoms with Crippen LogP contribution in [0.5, 0.6) is 5.75 Å². The van der Waals surface area contributed by atoms with E-state index in [9.17, 15) is 22.4 Å². The van der Waals surface area contributed by atoms with Gasteiger partial charge in [-0.3, -0.25) is 14.5 Å². The van der Waals surface area contributed by atoms with Crippen LogP contribution in [0.4, 0.5) is 23.2 Å². The van der Waals surface area contributed by atoms with Crippen molar-refractivity contribution < 1.29 is 27.1 Å². The molecular formula is C20H16F4N4O2. The van der Waals surface area contributed by atoms with Gasteiger partial charge in [-0.2, -0.15) is 5.10 Å². The molecule has 1 saturated carbocycles. The number of alkyl halides is 3. The van der Waals surface area contributed by atoms with Gasteiger partial charge in [0.05, 0.1) is 17.6 Å². The third kappa shape index (κ3) is 4.27. The number of rotatable bonds is 5. The third-order valence-electron chi connectivity index (χ3n) is 4.68. The van der Waals surface area contributed by atoms with Crippen LogP contribution in [0.1, 0.15) is 34.8 Å². The molecule has 156 valence electrons. The number of hydrogen-bond acceptors (Lipinski definition) is 4. The Morgan fingerprint density at radius 3 is 2.67 bits per heavy atom. The molecule has 6 nitrogen and oxygen atoms in total. The summed E-state index contributed by atoms with van der Waals surface area (Å²) in [6.07, 6.45) is -0.660. The number of anilines is 1. The van der Waals surface area contributed by atoms with E-state index >= 15 is 0 Å². The van der Waals surface area contributed by atoms with Gasteiger partial charge in [-0.15, -0.1) is 13.2 Å². The highest BCUT2D eigenvalue weighted by Gasteiger charge is 2.33. The molecule has 1 aliphatic carbocycles. The van der Waals surface area contributed by atoms with Crippen LogP contribution in [0.25, 0.3) is 11.3 Å². The van der Waals surface area contributed by atoms with Crippen molar-refractivity contribution in [1.29, 1.82) is 0 Å². The van der Waals surface area contributed by atoms with E-state index in [-0.39, 0.29) is 23.0 Å². The number of nitrogens with one attached hydrogen (secondary N) is 1. The number of ether oxygens (including phenoxy) is 1. The van der Waals surface area contributed by atoms with Gasteiger partial charge in [-0.25, -0.2) is 4.39 Å². The quantitative estimate of drug-likeness (QED) is 0.610. The average Bonchev–Trinajstić information content (AvgIpc) is 3.43. The van der Waals surface area contributed by atoms with Crippen molar-refractivity contribution >= 4 is 11.6 Å². The number of amides is 1. The second-order valence-electron chi connectivity index (χ2n) is 6.92. The predicted molar refractivity (Wildman–Crippen MR) is 99.5 cm³/mol. The van der Waals surface area contributed by atoms with Gasteiger partial charge < -0.3 is 10.1 Å². The Balaban J connectivity index is 1.67. The van der Waals surface area contributed by atoms with Crippen molar-refractivity contribution in [2.45, 2.75) is 25.1 Å². The van der Waals surface area contributed by atoms with Gasteiger partial charge in [-0.05, 0) is 48.6 Å². The normalized spacial score (nSPS) is 13.9. The maximum Gasteiger partial charge on any atom is 0.573 e.